The van der Waals surface area contributed by atoms with Crippen LogP contribution in [0.4, 0.5) is 0 Å². The van der Waals surface area contributed by atoms with E-state index in [1.165, 1.54) is 0 Å². The lowest BCUT2D eigenvalue weighted by atomic mass is 9.95. The molecule has 0 aliphatic heterocycles. The van der Waals surface area contributed by atoms with Crippen molar-refractivity contribution < 1.29 is 8.42 Å². The lowest BCUT2D eigenvalue weighted by Gasteiger charge is -2.21. The number of fused-ring (bicyclic) bond motifs is 2. The summed E-state index contributed by atoms with van der Waals surface area (Å²) in [6.45, 7) is 1.97. The molecule has 0 saturated heterocycles. The molecule has 2 rings (SSSR count). The maximum atomic E-state index is 11.2. The van der Waals surface area contributed by atoms with Gasteiger partial charge >= 0.3 is 0 Å². The van der Waals surface area contributed by atoms with Gasteiger partial charge in [0.1, 0.15) is 0 Å². The predicted octanol–water partition coefficient (Wildman–Crippen LogP) is 1.77. The molecule has 0 aromatic carbocycles. The van der Waals surface area contributed by atoms with Gasteiger partial charge in [0.05, 0.1) is 5.25 Å². The highest BCUT2D eigenvalue weighted by atomic mass is 35.7. The van der Waals surface area contributed by atoms with Gasteiger partial charge < -0.3 is 0 Å². The lowest BCUT2D eigenvalue weighted by molar-refractivity contribution is 0.482. The Bertz CT molecular complexity index is 320. The zero-order chi connectivity index (χ0) is 8.93. The Morgan fingerprint density at radius 2 is 1.92 bits per heavy atom. The summed E-state index contributed by atoms with van der Waals surface area (Å²) in [6.07, 6.45) is 5.08. The summed E-state index contributed by atoms with van der Waals surface area (Å²) in [4.78, 5) is 0. The van der Waals surface area contributed by atoms with Gasteiger partial charge in [-0.05, 0) is 24.2 Å². The molecule has 0 radical (unpaired) electrons. The van der Waals surface area contributed by atoms with Crippen LogP contribution in [0.3, 0.4) is 0 Å². The van der Waals surface area contributed by atoms with Crippen LogP contribution in [0, 0.1) is 17.8 Å². The van der Waals surface area contributed by atoms with E-state index in [4.69, 9.17) is 10.7 Å². The molecular weight excluding hydrogens is 196 g/mol. The Morgan fingerprint density at radius 1 is 1.33 bits per heavy atom. The first-order valence-corrected chi connectivity index (χ1v) is 6.49. The number of halogens is 1. The summed E-state index contributed by atoms with van der Waals surface area (Å²) in [6, 6.07) is 0. The molecule has 1 saturated carbocycles. The highest BCUT2D eigenvalue weighted by Gasteiger charge is 2.47. The molecule has 0 amide bonds. The molecular formula is C8H11ClO2S. The van der Waals surface area contributed by atoms with Gasteiger partial charge in [0, 0.05) is 10.7 Å². The van der Waals surface area contributed by atoms with Crippen LogP contribution in [-0.2, 0) is 9.05 Å². The SMILES string of the molecule is CC1C2C=CC(C2)C1S(=O)(=O)Cl. The van der Waals surface area contributed by atoms with Crippen molar-refractivity contribution in [2.24, 2.45) is 17.8 Å². The summed E-state index contributed by atoms with van der Waals surface area (Å²) in [5, 5.41) is -0.339. The number of hydrogen-bond donors (Lipinski definition) is 0. The van der Waals surface area contributed by atoms with Crippen LogP contribution in [0.15, 0.2) is 12.2 Å². The Hall–Kier alpha value is -0.0200. The minimum absolute atomic E-state index is 0.174. The molecule has 2 bridgehead atoms. The van der Waals surface area contributed by atoms with Crippen LogP contribution in [0.5, 0.6) is 0 Å². The molecule has 12 heavy (non-hydrogen) atoms. The quantitative estimate of drug-likeness (QED) is 0.484. The minimum Gasteiger partial charge on any atom is -0.212 e. The van der Waals surface area contributed by atoms with Gasteiger partial charge in [-0.1, -0.05) is 19.1 Å². The first-order valence-electron chi connectivity index (χ1n) is 4.12. The Kier molecular flexibility index (Phi) is 1.77. The van der Waals surface area contributed by atoms with E-state index in [1.807, 2.05) is 13.0 Å². The summed E-state index contributed by atoms with van der Waals surface area (Å²) in [5.74, 6) is 0.809. The van der Waals surface area contributed by atoms with E-state index in [2.05, 4.69) is 6.08 Å². The molecule has 4 unspecified atom stereocenters. The van der Waals surface area contributed by atoms with Crippen molar-refractivity contribution >= 4 is 19.7 Å². The predicted molar refractivity (Wildman–Crippen MR) is 48.5 cm³/mol. The van der Waals surface area contributed by atoms with E-state index in [1.54, 1.807) is 0 Å². The molecule has 0 aromatic heterocycles. The number of hydrogen-bond acceptors (Lipinski definition) is 2. The van der Waals surface area contributed by atoms with Crippen LogP contribution in [0.25, 0.3) is 0 Å². The third-order valence-electron chi connectivity index (χ3n) is 3.09. The van der Waals surface area contributed by atoms with E-state index in [0.29, 0.717) is 5.92 Å². The summed E-state index contributed by atoms with van der Waals surface area (Å²) in [5.41, 5.74) is 0. The van der Waals surface area contributed by atoms with Gasteiger partial charge in [-0.25, -0.2) is 8.42 Å². The first kappa shape index (κ1) is 8.57. The van der Waals surface area contributed by atoms with E-state index >= 15 is 0 Å². The third kappa shape index (κ3) is 1.11. The number of allylic oxidation sites excluding steroid dienone is 2. The second-order valence-electron chi connectivity index (χ2n) is 3.75. The van der Waals surface area contributed by atoms with Crippen molar-refractivity contribution in [2.45, 2.75) is 18.6 Å². The molecule has 68 valence electrons. The maximum Gasteiger partial charge on any atom is 0.236 e. The van der Waals surface area contributed by atoms with Crippen molar-refractivity contribution in [2.75, 3.05) is 0 Å². The Balaban J connectivity index is 2.36. The first-order chi connectivity index (χ1) is 5.50. The van der Waals surface area contributed by atoms with Crippen LogP contribution >= 0.6 is 10.7 Å². The molecule has 0 aromatic rings. The monoisotopic (exact) mass is 206 g/mol. The van der Waals surface area contributed by atoms with Crippen molar-refractivity contribution in [3.05, 3.63) is 12.2 Å². The standard InChI is InChI=1S/C8H11ClO2S/c1-5-6-2-3-7(4-6)8(5)12(9,10)11/h2-3,5-8H,4H2,1H3. The topological polar surface area (TPSA) is 34.1 Å². The fourth-order valence-corrected chi connectivity index (χ4v) is 4.71. The van der Waals surface area contributed by atoms with Crippen molar-refractivity contribution in [1.82, 2.24) is 0 Å². The van der Waals surface area contributed by atoms with Crippen LogP contribution < -0.4 is 0 Å². The van der Waals surface area contributed by atoms with Crippen LogP contribution in [0.1, 0.15) is 13.3 Å². The summed E-state index contributed by atoms with van der Waals surface area (Å²) < 4.78 is 22.3. The second-order valence-corrected chi connectivity index (χ2v) is 6.53. The Labute approximate surface area is 77.0 Å². The average molecular weight is 207 g/mol. The molecule has 1 fully saturated rings. The molecule has 4 heteroatoms. The molecule has 0 heterocycles. The van der Waals surface area contributed by atoms with Gasteiger partial charge in [-0.15, -0.1) is 0 Å². The number of rotatable bonds is 1. The fourth-order valence-electron chi connectivity index (χ4n) is 2.49. The van der Waals surface area contributed by atoms with Crippen molar-refractivity contribution in [3.63, 3.8) is 0 Å². The minimum atomic E-state index is -3.36. The third-order valence-corrected chi connectivity index (χ3v) is 5.14. The van der Waals surface area contributed by atoms with E-state index in [-0.39, 0.29) is 17.1 Å². The molecule has 4 atom stereocenters. The van der Waals surface area contributed by atoms with E-state index < -0.39 is 9.05 Å². The average Bonchev–Trinajstić information content (AvgIpc) is 2.42. The summed E-state index contributed by atoms with van der Waals surface area (Å²) in [7, 11) is 2.01. The van der Waals surface area contributed by atoms with Gasteiger partial charge in [0.2, 0.25) is 9.05 Å². The van der Waals surface area contributed by atoms with Crippen molar-refractivity contribution in [3.8, 4) is 0 Å². The second kappa shape index (κ2) is 2.48. The van der Waals surface area contributed by atoms with E-state index in [0.717, 1.165) is 6.42 Å². The van der Waals surface area contributed by atoms with Crippen LogP contribution in [0.2, 0.25) is 0 Å². The zero-order valence-electron chi connectivity index (χ0n) is 6.77. The van der Waals surface area contributed by atoms with Gasteiger partial charge in [0.15, 0.2) is 0 Å². The normalized spacial score (nSPS) is 45.5. The van der Waals surface area contributed by atoms with Gasteiger partial charge in [-0.2, -0.15) is 0 Å². The molecule has 2 aliphatic rings. The molecule has 2 nitrogen and oxygen atoms in total. The maximum absolute atomic E-state index is 11.2. The van der Waals surface area contributed by atoms with Crippen molar-refractivity contribution in [1.29, 1.82) is 0 Å². The fraction of sp³-hybridized carbons (Fsp3) is 0.750. The molecule has 0 N–H and O–H groups in total. The smallest absolute Gasteiger partial charge is 0.212 e. The molecule has 0 spiro atoms. The van der Waals surface area contributed by atoms with Gasteiger partial charge in [0.25, 0.3) is 0 Å². The zero-order valence-corrected chi connectivity index (χ0v) is 8.35. The highest BCUT2D eigenvalue weighted by molar-refractivity contribution is 8.14. The lowest BCUT2D eigenvalue weighted by Crippen LogP contribution is -2.28. The largest absolute Gasteiger partial charge is 0.236 e. The van der Waals surface area contributed by atoms with E-state index in [9.17, 15) is 8.42 Å². The Morgan fingerprint density at radius 3 is 2.25 bits per heavy atom. The summed E-state index contributed by atoms with van der Waals surface area (Å²) >= 11 is 0. The van der Waals surface area contributed by atoms with Gasteiger partial charge in [-0.3, -0.25) is 0 Å². The van der Waals surface area contributed by atoms with Crippen LogP contribution in [-0.4, -0.2) is 13.7 Å². The highest BCUT2D eigenvalue weighted by Crippen LogP contribution is 2.47. The molecule has 2 aliphatic carbocycles.